The van der Waals surface area contributed by atoms with E-state index >= 15 is 14.4 Å². The Morgan fingerprint density at radius 1 is 0.838 bits per heavy atom. The number of aliphatic imine (C=N–C) groups is 1. The van der Waals surface area contributed by atoms with Crippen LogP contribution in [0.15, 0.2) is 78.3 Å². The van der Waals surface area contributed by atoms with E-state index in [2.05, 4.69) is 51.8 Å². The van der Waals surface area contributed by atoms with Crippen LogP contribution in [0.3, 0.4) is 0 Å². The maximum absolute atomic E-state index is 15.6. The number of nitrogens with zero attached hydrogens (tertiary/aromatic N) is 3. The number of nitrogens with one attached hydrogen (secondary N) is 8. The Balaban J connectivity index is 1.16. The lowest BCUT2D eigenvalue weighted by atomic mass is 9.41. The number of fused-ring (bicyclic) bond motifs is 7. The molecule has 1 spiro atoms. The van der Waals surface area contributed by atoms with Crippen molar-refractivity contribution in [3.63, 3.8) is 0 Å². The van der Waals surface area contributed by atoms with Gasteiger partial charge < -0.3 is 53.8 Å². The summed E-state index contributed by atoms with van der Waals surface area (Å²) in [6.45, 7) is 0.0817. The lowest BCUT2D eigenvalue weighted by Crippen LogP contribution is -3.01. The number of H-pyrrole nitrogens is 2. The molecule has 1 saturated carbocycles. The molecule has 5 fully saturated rings. The number of carbonyl (C=O) groups excluding carboxylic acids is 8. The molecule has 6 heterocycles. The number of para-hydroxylation sites is 1. The van der Waals surface area contributed by atoms with E-state index in [-0.39, 0.29) is 63.4 Å². The smallest absolute Gasteiger partial charge is 0.325 e. The van der Waals surface area contributed by atoms with E-state index in [9.17, 15) is 24.0 Å². The predicted octanol–water partition coefficient (Wildman–Crippen LogP) is -1.86. The third kappa shape index (κ3) is 7.91. The Morgan fingerprint density at radius 3 is 2.37 bits per heavy atom. The van der Waals surface area contributed by atoms with Crippen LogP contribution in [-0.2, 0) is 46.4 Å². The number of primary amides is 1. The van der Waals surface area contributed by atoms with Crippen molar-refractivity contribution in [3.8, 4) is 0 Å². The maximum atomic E-state index is 15.6. The molecule has 68 heavy (non-hydrogen) atoms. The van der Waals surface area contributed by atoms with Gasteiger partial charge in [-0.3, -0.25) is 43.9 Å². The van der Waals surface area contributed by atoms with Gasteiger partial charge in [0.1, 0.15) is 41.5 Å². The lowest BCUT2D eigenvalue weighted by Gasteiger charge is -2.73. The summed E-state index contributed by atoms with van der Waals surface area (Å²) in [7, 11) is 0. The van der Waals surface area contributed by atoms with Crippen molar-refractivity contribution in [3.05, 3.63) is 90.1 Å². The first kappa shape index (κ1) is 45.7. The van der Waals surface area contributed by atoms with E-state index in [1.165, 1.54) is 12.5 Å². The Morgan fingerprint density at radius 2 is 1.62 bits per heavy atom. The minimum absolute atomic E-state index is 0.00278. The third-order valence-corrected chi connectivity index (χ3v) is 14.4. The second-order valence-corrected chi connectivity index (χ2v) is 18.2. The number of urea groups is 1. The molecule has 356 valence electrons. The Bertz CT molecular complexity index is 2690. The molecule has 22 nitrogen and oxygen atoms in total. The monoisotopic (exact) mass is 930 g/mol. The van der Waals surface area contributed by atoms with E-state index in [1.807, 2.05) is 24.3 Å². The number of Topliss-reactive ketones (excluding diaryl/α,β-unsaturated/α-hetero) is 2. The van der Waals surface area contributed by atoms with Gasteiger partial charge in [-0.05, 0) is 55.8 Å². The summed E-state index contributed by atoms with van der Waals surface area (Å²) >= 11 is 0. The number of rotatable bonds is 9. The first-order valence-electron chi connectivity index (χ1n) is 22.8. The van der Waals surface area contributed by atoms with Crippen molar-refractivity contribution in [2.45, 2.75) is 105 Å². The molecule has 4 unspecified atom stereocenters. The summed E-state index contributed by atoms with van der Waals surface area (Å²) in [4.78, 5) is 130. The number of hydrogen-bond donors (Lipinski definition) is 11. The molecule has 22 heteroatoms. The average Bonchev–Trinajstić information content (AvgIpc) is 4.05. The molecule has 2 aromatic carbocycles. The number of imide groups is 1. The van der Waals surface area contributed by atoms with E-state index < -0.39 is 101 Å². The highest BCUT2D eigenvalue weighted by Gasteiger charge is 2.82. The summed E-state index contributed by atoms with van der Waals surface area (Å²) in [6, 6.07) is 7.85. The molecule has 2 aromatic heterocycles. The number of carbonyl (C=O) groups is 8. The highest BCUT2D eigenvalue weighted by molar-refractivity contribution is 6.12. The molecule has 4 aromatic rings. The number of hydrogen-bond acceptors (Lipinski definition) is 12. The first-order valence-corrected chi connectivity index (χ1v) is 22.8. The van der Waals surface area contributed by atoms with Gasteiger partial charge in [0.15, 0.2) is 11.7 Å². The average molecular weight is 931 g/mol. The molecule has 10 atom stereocenters. The van der Waals surface area contributed by atoms with Crippen LogP contribution in [0.2, 0.25) is 0 Å². The van der Waals surface area contributed by atoms with Gasteiger partial charge in [0.05, 0.1) is 23.8 Å². The van der Waals surface area contributed by atoms with E-state index in [1.54, 1.807) is 36.5 Å². The first-order chi connectivity index (χ1) is 32.7. The number of ketones is 2. The van der Waals surface area contributed by atoms with Crippen molar-refractivity contribution in [1.82, 2.24) is 51.8 Å². The Kier molecular flexibility index (Phi) is 12.3. The molecular weight excluding hydrogens is 877 g/mol. The van der Waals surface area contributed by atoms with Crippen LogP contribution in [-0.4, -0.2) is 133 Å². The second kappa shape index (κ2) is 18.3. The number of imidazole rings is 1. The van der Waals surface area contributed by atoms with Gasteiger partial charge in [0, 0.05) is 60.7 Å². The summed E-state index contributed by atoms with van der Waals surface area (Å²) in [6.07, 6.45) is 5.00. The molecule has 4 saturated heterocycles. The second-order valence-electron chi connectivity index (χ2n) is 18.2. The molecule has 0 radical (unpaired) electrons. The quantitative estimate of drug-likeness (QED) is 0.0499. The van der Waals surface area contributed by atoms with Crippen LogP contribution in [0.1, 0.15) is 61.3 Å². The van der Waals surface area contributed by atoms with Crippen LogP contribution < -0.4 is 49.1 Å². The third-order valence-electron chi connectivity index (χ3n) is 14.4. The topological polar surface area (TPSA) is 347 Å². The van der Waals surface area contributed by atoms with Crippen molar-refractivity contribution >= 4 is 64.0 Å². The zero-order valence-electron chi connectivity index (χ0n) is 37.0. The number of aromatic nitrogens is 3. The minimum atomic E-state index is -1.78. The largest absolute Gasteiger partial charge is 0.370 e. The van der Waals surface area contributed by atoms with Crippen molar-refractivity contribution in [1.29, 1.82) is 0 Å². The number of benzene rings is 2. The molecule has 9 rings (SSSR count). The van der Waals surface area contributed by atoms with E-state index in [4.69, 9.17) is 17.2 Å². The molecule has 4 aliphatic heterocycles. The molecule has 14 N–H and O–H groups in total. The zero-order valence-corrected chi connectivity index (χ0v) is 37.0. The number of amides is 7. The van der Waals surface area contributed by atoms with Gasteiger partial charge in [-0.25, -0.2) is 14.7 Å². The Labute approximate surface area is 389 Å². The standard InChI is InChI=1S/C46H54N14O8/c47-38(63)28-12-6-7-16-54-45(15-17-51-43(48)49)36(41(66)56-30(39(64)55-28)18-24-20-52-27-11-5-4-10-26(24)27)59-46(45)34-33(23-8-2-1-3-9-23)32(61)14-13-29-42(67)60(44(68)57-29)31(19-25-21-50-22-53-25)40(65)58-35(34)37(46)62/h1-5,8-11,20-22,28-31,33-36,52,54,59H,6-7,12-19H2,(H2,47,63)(H,50,53)(H,55,64)(H,56,66)(H,57,68)(H,58,65)(H4,48,49,51)/t28-,29-,30-,31-,33?,34?,35+,36+,45?,46?/m0/s1. The van der Waals surface area contributed by atoms with Gasteiger partial charge in [-0.15, -0.1) is 0 Å². The Hall–Kier alpha value is -7.46. The highest BCUT2D eigenvalue weighted by Crippen LogP contribution is 2.58. The van der Waals surface area contributed by atoms with Gasteiger partial charge in [-0.1, -0.05) is 48.5 Å². The molecule has 5 aliphatic rings. The zero-order chi connectivity index (χ0) is 47.9. The normalized spacial score (nSPS) is 31.1. The molecule has 2 bridgehead atoms. The maximum Gasteiger partial charge on any atom is 0.325 e. The molecule has 1 aliphatic carbocycles. The van der Waals surface area contributed by atoms with Crippen molar-refractivity contribution in [2.24, 2.45) is 28.1 Å². The van der Waals surface area contributed by atoms with Crippen LogP contribution in [0, 0.1) is 5.92 Å². The predicted molar refractivity (Wildman–Crippen MR) is 244 cm³/mol. The van der Waals surface area contributed by atoms with Crippen LogP contribution >= 0.6 is 0 Å². The van der Waals surface area contributed by atoms with Gasteiger partial charge >= 0.3 is 6.03 Å². The summed E-state index contributed by atoms with van der Waals surface area (Å²) < 4.78 is 0. The van der Waals surface area contributed by atoms with Gasteiger partial charge in [-0.2, -0.15) is 0 Å². The minimum Gasteiger partial charge on any atom is -0.370 e. The van der Waals surface area contributed by atoms with Gasteiger partial charge in [0.25, 0.3) is 5.91 Å². The number of nitrogens with two attached hydrogens (primary N) is 3. The van der Waals surface area contributed by atoms with E-state index in [0.717, 1.165) is 15.8 Å². The molecule has 7 amide bonds. The SMILES string of the molecule is NC(=O)[C@@H]1CCCCNC2(CCN=C(N)N)[C@H](NC23C(=O)[C@@H]2NC(=O)[C@H](Cc4cnc[nH]4)N4C(=O)N[C@@H](CCC(=O)C(c5ccccc5)C23)C4=O)C(=O)N[C@@H](Cc2c[nH]c3ccccc23)C(=O)N1. The highest BCUT2D eigenvalue weighted by atomic mass is 16.2. The fourth-order valence-electron chi connectivity index (χ4n) is 11.2. The van der Waals surface area contributed by atoms with Crippen LogP contribution in [0.5, 0.6) is 0 Å². The van der Waals surface area contributed by atoms with Crippen LogP contribution in [0.4, 0.5) is 4.79 Å². The fourth-order valence-corrected chi connectivity index (χ4v) is 11.2. The fraction of sp³-hybridized carbons (Fsp3) is 0.435. The molecular formula is C46H54N14O8. The number of aromatic amines is 2. The summed E-state index contributed by atoms with van der Waals surface area (Å²) in [5, 5.41) is 18.9. The van der Waals surface area contributed by atoms with Gasteiger partial charge in [0.2, 0.25) is 23.6 Å². The number of guanidine groups is 1. The summed E-state index contributed by atoms with van der Waals surface area (Å²) in [5.41, 5.74) is 16.6. The van der Waals surface area contributed by atoms with E-state index in [0.29, 0.717) is 29.7 Å². The lowest BCUT2D eigenvalue weighted by molar-refractivity contribution is -0.183. The van der Waals surface area contributed by atoms with Crippen molar-refractivity contribution < 1.29 is 38.4 Å². The van der Waals surface area contributed by atoms with Crippen molar-refractivity contribution in [2.75, 3.05) is 13.1 Å². The van der Waals surface area contributed by atoms with Crippen LogP contribution in [0.25, 0.3) is 10.9 Å². The summed E-state index contributed by atoms with van der Waals surface area (Å²) in [5.74, 6) is -7.03.